The van der Waals surface area contributed by atoms with Crippen molar-refractivity contribution in [2.75, 3.05) is 32.1 Å². The fourth-order valence-corrected chi connectivity index (χ4v) is 2.57. The molecule has 0 spiro atoms. The Morgan fingerprint density at radius 1 is 1.48 bits per heavy atom. The van der Waals surface area contributed by atoms with Crippen LogP contribution in [0.2, 0.25) is 0 Å². The normalized spacial score (nSPS) is 18.1. The zero-order chi connectivity index (χ0) is 15.1. The molecule has 116 valence electrons. The highest BCUT2D eigenvalue weighted by Crippen LogP contribution is 2.15. The van der Waals surface area contributed by atoms with Crippen LogP contribution in [0.15, 0.2) is 24.3 Å². The Morgan fingerprint density at radius 2 is 2.29 bits per heavy atom. The van der Waals surface area contributed by atoms with Gasteiger partial charge in [0.25, 0.3) is 0 Å². The van der Waals surface area contributed by atoms with Gasteiger partial charge in [0.15, 0.2) is 0 Å². The van der Waals surface area contributed by atoms with Crippen LogP contribution in [0, 0.1) is 0 Å². The van der Waals surface area contributed by atoms with E-state index in [-0.39, 0.29) is 5.91 Å². The second-order valence-electron chi connectivity index (χ2n) is 5.51. The van der Waals surface area contributed by atoms with Crippen LogP contribution in [0.25, 0.3) is 0 Å². The molecule has 0 aliphatic carbocycles. The number of hydrogen-bond acceptors (Lipinski definition) is 4. The van der Waals surface area contributed by atoms with Gasteiger partial charge in [0, 0.05) is 31.3 Å². The topological polar surface area (TPSA) is 67.6 Å². The third-order valence-electron chi connectivity index (χ3n) is 3.96. The van der Waals surface area contributed by atoms with Gasteiger partial charge >= 0.3 is 0 Å². The number of anilines is 1. The van der Waals surface area contributed by atoms with E-state index >= 15 is 0 Å². The van der Waals surface area contributed by atoms with Crippen LogP contribution in [0.1, 0.15) is 24.8 Å². The monoisotopic (exact) mass is 291 g/mol. The summed E-state index contributed by atoms with van der Waals surface area (Å²) < 4.78 is 5.38. The van der Waals surface area contributed by atoms with Gasteiger partial charge in [-0.15, -0.1) is 0 Å². The molecule has 1 atom stereocenters. The first kappa shape index (κ1) is 15.9. The minimum absolute atomic E-state index is 0.0481. The van der Waals surface area contributed by atoms with Gasteiger partial charge in [-0.05, 0) is 38.1 Å². The maximum Gasteiger partial charge on any atom is 0.224 e. The molecule has 0 radical (unpaired) electrons. The van der Waals surface area contributed by atoms with Gasteiger partial charge in [0.05, 0.1) is 6.61 Å². The average molecular weight is 291 g/mol. The molecular formula is C16H25N3O2. The lowest BCUT2D eigenvalue weighted by Gasteiger charge is -2.22. The lowest BCUT2D eigenvalue weighted by molar-refractivity contribution is -0.116. The summed E-state index contributed by atoms with van der Waals surface area (Å²) in [7, 11) is 2.10. The number of para-hydroxylation sites is 1. The Morgan fingerprint density at radius 3 is 3.00 bits per heavy atom. The van der Waals surface area contributed by atoms with Crippen molar-refractivity contribution in [1.29, 1.82) is 0 Å². The molecule has 1 aliphatic rings. The number of rotatable bonds is 7. The lowest BCUT2D eigenvalue weighted by Crippen LogP contribution is -2.33. The Hall–Kier alpha value is -1.43. The molecule has 1 aromatic rings. The first-order chi connectivity index (χ1) is 10.2. The van der Waals surface area contributed by atoms with Crippen molar-refractivity contribution in [2.24, 2.45) is 5.73 Å². The number of amides is 1. The molecule has 1 aromatic carbocycles. The Labute approximate surface area is 126 Å². The van der Waals surface area contributed by atoms with Crippen LogP contribution in [-0.4, -0.2) is 43.7 Å². The van der Waals surface area contributed by atoms with Crippen molar-refractivity contribution in [3.8, 4) is 0 Å². The van der Waals surface area contributed by atoms with Crippen molar-refractivity contribution in [1.82, 2.24) is 4.90 Å². The van der Waals surface area contributed by atoms with E-state index in [9.17, 15) is 4.79 Å². The number of nitrogens with zero attached hydrogens (tertiary/aromatic N) is 1. The molecule has 1 fully saturated rings. The van der Waals surface area contributed by atoms with Gasteiger partial charge in [0.2, 0.25) is 5.91 Å². The van der Waals surface area contributed by atoms with E-state index in [1.807, 2.05) is 24.3 Å². The molecule has 0 aromatic heterocycles. The van der Waals surface area contributed by atoms with Gasteiger partial charge in [-0.3, -0.25) is 4.79 Å². The number of nitrogens with two attached hydrogens (primary N) is 1. The molecule has 0 bridgehead atoms. The fourth-order valence-electron chi connectivity index (χ4n) is 2.57. The van der Waals surface area contributed by atoms with Crippen LogP contribution < -0.4 is 11.1 Å². The summed E-state index contributed by atoms with van der Waals surface area (Å²) in [5, 5.41) is 2.94. The smallest absolute Gasteiger partial charge is 0.224 e. The Balaban J connectivity index is 1.72. The summed E-state index contributed by atoms with van der Waals surface area (Å²) in [5.41, 5.74) is 7.45. The number of likely N-dealkylation sites (N-methyl/N-ethyl adjacent to an activating group) is 1. The molecule has 0 saturated carbocycles. The Bertz CT molecular complexity index is 459. The molecule has 5 nitrogen and oxygen atoms in total. The van der Waals surface area contributed by atoms with E-state index in [1.54, 1.807) is 0 Å². The standard InChI is InChI=1S/C16H25N3O2/c1-19(14-8-10-21-12-14)9-4-7-16(20)18-15-6-3-2-5-13(15)11-17/h2-3,5-6,14H,4,7-12,17H2,1H3,(H,18,20). The molecule has 21 heavy (non-hydrogen) atoms. The molecule has 1 aliphatic heterocycles. The van der Waals surface area contributed by atoms with E-state index in [1.165, 1.54) is 0 Å². The molecule has 1 heterocycles. The first-order valence-electron chi connectivity index (χ1n) is 7.56. The predicted molar refractivity (Wildman–Crippen MR) is 84.1 cm³/mol. The summed E-state index contributed by atoms with van der Waals surface area (Å²) in [4.78, 5) is 14.3. The lowest BCUT2D eigenvalue weighted by atomic mass is 10.1. The van der Waals surface area contributed by atoms with Gasteiger partial charge < -0.3 is 20.7 Å². The SMILES string of the molecule is CN(CCCC(=O)Nc1ccccc1CN)C1CCOC1. The van der Waals surface area contributed by atoms with Crippen molar-refractivity contribution >= 4 is 11.6 Å². The minimum Gasteiger partial charge on any atom is -0.380 e. The summed E-state index contributed by atoms with van der Waals surface area (Å²) in [6.07, 6.45) is 2.47. The van der Waals surface area contributed by atoms with Gasteiger partial charge in [-0.2, -0.15) is 0 Å². The number of ether oxygens (including phenoxy) is 1. The second kappa shape index (κ2) is 8.12. The number of benzene rings is 1. The van der Waals surface area contributed by atoms with Crippen LogP contribution in [-0.2, 0) is 16.1 Å². The van der Waals surface area contributed by atoms with Gasteiger partial charge in [-0.25, -0.2) is 0 Å². The highest BCUT2D eigenvalue weighted by atomic mass is 16.5. The highest BCUT2D eigenvalue weighted by molar-refractivity contribution is 5.91. The number of hydrogen-bond donors (Lipinski definition) is 2. The number of nitrogens with one attached hydrogen (secondary N) is 1. The van der Waals surface area contributed by atoms with E-state index in [0.29, 0.717) is 19.0 Å². The average Bonchev–Trinajstić information content (AvgIpc) is 3.02. The molecule has 1 unspecified atom stereocenters. The van der Waals surface area contributed by atoms with Crippen molar-refractivity contribution in [2.45, 2.75) is 31.8 Å². The highest BCUT2D eigenvalue weighted by Gasteiger charge is 2.19. The summed E-state index contributed by atoms with van der Waals surface area (Å²) in [5.74, 6) is 0.0481. The van der Waals surface area contributed by atoms with Crippen molar-refractivity contribution < 1.29 is 9.53 Å². The van der Waals surface area contributed by atoms with Crippen LogP contribution in [0.4, 0.5) is 5.69 Å². The largest absolute Gasteiger partial charge is 0.380 e. The van der Waals surface area contributed by atoms with Crippen LogP contribution in [0.3, 0.4) is 0 Å². The van der Waals surface area contributed by atoms with Crippen molar-refractivity contribution in [3.05, 3.63) is 29.8 Å². The summed E-state index contributed by atoms with van der Waals surface area (Å²) in [6.45, 7) is 3.01. The molecule has 2 rings (SSSR count). The molecule has 1 amide bonds. The zero-order valence-electron chi connectivity index (χ0n) is 12.7. The van der Waals surface area contributed by atoms with E-state index in [4.69, 9.17) is 10.5 Å². The summed E-state index contributed by atoms with van der Waals surface area (Å²) in [6, 6.07) is 8.16. The van der Waals surface area contributed by atoms with Gasteiger partial charge in [0.1, 0.15) is 0 Å². The van der Waals surface area contributed by atoms with Crippen LogP contribution in [0.5, 0.6) is 0 Å². The predicted octanol–water partition coefficient (Wildman–Crippen LogP) is 1.58. The van der Waals surface area contributed by atoms with Gasteiger partial charge in [-0.1, -0.05) is 18.2 Å². The fraction of sp³-hybridized carbons (Fsp3) is 0.562. The minimum atomic E-state index is 0.0481. The number of carbonyl (C=O) groups is 1. The van der Waals surface area contributed by atoms with E-state index < -0.39 is 0 Å². The quantitative estimate of drug-likeness (QED) is 0.800. The summed E-state index contributed by atoms with van der Waals surface area (Å²) >= 11 is 0. The van der Waals surface area contributed by atoms with Crippen molar-refractivity contribution in [3.63, 3.8) is 0 Å². The molecular weight excluding hydrogens is 266 g/mol. The maximum absolute atomic E-state index is 12.0. The number of carbonyl (C=O) groups excluding carboxylic acids is 1. The third-order valence-corrected chi connectivity index (χ3v) is 3.96. The van der Waals surface area contributed by atoms with E-state index in [0.717, 1.165) is 43.9 Å². The van der Waals surface area contributed by atoms with Crippen LogP contribution >= 0.6 is 0 Å². The molecule has 1 saturated heterocycles. The first-order valence-corrected chi connectivity index (χ1v) is 7.56. The molecule has 3 N–H and O–H groups in total. The third kappa shape index (κ3) is 4.81. The second-order valence-corrected chi connectivity index (χ2v) is 5.51. The zero-order valence-corrected chi connectivity index (χ0v) is 12.7. The molecule has 5 heteroatoms. The van der Waals surface area contributed by atoms with E-state index in [2.05, 4.69) is 17.3 Å². The Kier molecular flexibility index (Phi) is 6.17. The maximum atomic E-state index is 12.0.